The van der Waals surface area contributed by atoms with Crippen LogP contribution in [-0.4, -0.2) is 30.8 Å². The summed E-state index contributed by atoms with van der Waals surface area (Å²) in [6.45, 7) is 4.47. The van der Waals surface area contributed by atoms with Crippen molar-refractivity contribution in [1.29, 1.82) is 0 Å². The van der Waals surface area contributed by atoms with Gasteiger partial charge in [0, 0.05) is 37.1 Å². The molecule has 1 aliphatic carbocycles. The highest BCUT2D eigenvalue weighted by Gasteiger charge is 2.26. The number of aromatic nitrogens is 1. The standard InChI is InChI=1S/C19H28N2O2/c1-4-18-17(13-20-3)16(10-11-21-18)15-8-6-14(7-9-15)12-19(22)23-5-2/h10-11,13-15H,4-9,12H2,1-3H3. The van der Waals surface area contributed by atoms with E-state index >= 15 is 0 Å². The largest absolute Gasteiger partial charge is 0.466 e. The number of carbonyl (C=O) groups excluding carboxylic acids is 1. The second-order valence-electron chi connectivity index (χ2n) is 6.23. The number of aryl methyl sites for hydroxylation is 1. The molecule has 1 aliphatic rings. The molecule has 0 radical (unpaired) electrons. The molecule has 126 valence electrons. The highest BCUT2D eigenvalue weighted by molar-refractivity contribution is 5.83. The van der Waals surface area contributed by atoms with Gasteiger partial charge in [-0.3, -0.25) is 14.8 Å². The fourth-order valence-corrected chi connectivity index (χ4v) is 3.58. The number of rotatable bonds is 6. The minimum atomic E-state index is -0.0491. The molecule has 23 heavy (non-hydrogen) atoms. The van der Waals surface area contributed by atoms with Crippen LogP contribution >= 0.6 is 0 Å². The van der Waals surface area contributed by atoms with Gasteiger partial charge in [0.2, 0.25) is 0 Å². The Hall–Kier alpha value is -1.71. The molecule has 1 fully saturated rings. The van der Waals surface area contributed by atoms with E-state index in [2.05, 4.69) is 23.0 Å². The summed E-state index contributed by atoms with van der Waals surface area (Å²) in [5.74, 6) is 0.975. The fraction of sp³-hybridized carbons (Fsp3) is 0.632. The Bertz CT molecular complexity index is 546. The molecule has 0 saturated heterocycles. The van der Waals surface area contributed by atoms with E-state index in [1.54, 1.807) is 0 Å². The quantitative estimate of drug-likeness (QED) is 0.590. The maximum Gasteiger partial charge on any atom is 0.306 e. The zero-order valence-electron chi connectivity index (χ0n) is 14.5. The average Bonchev–Trinajstić information content (AvgIpc) is 2.56. The van der Waals surface area contributed by atoms with Crippen LogP contribution in [0, 0.1) is 5.92 Å². The molecular weight excluding hydrogens is 288 g/mol. The van der Waals surface area contributed by atoms with Crippen LogP contribution in [-0.2, 0) is 16.0 Å². The molecule has 4 nitrogen and oxygen atoms in total. The molecule has 0 unspecified atom stereocenters. The SMILES string of the molecule is CCOC(=O)CC1CCC(c2ccnc(CC)c2C=NC)CC1. The molecule has 0 aromatic carbocycles. The summed E-state index contributed by atoms with van der Waals surface area (Å²) in [5, 5.41) is 0. The lowest BCUT2D eigenvalue weighted by Gasteiger charge is -2.29. The van der Waals surface area contributed by atoms with Gasteiger partial charge in [0.05, 0.1) is 6.61 Å². The second-order valence-corrected chi connectivity index (χ2v) is 6.23. The lowest BCUT2D eigenvalue weighted by molar-refractivity contribution is -0.144. The van der Waals surface area contributed by atoms with Crippen molar-refractivity contribution in [2.75, 3.05) is 13.7 Å². The van der Waals surface area contributed by atoms with Crippen molar-refractivity contribution >= 4 is 12.2 Å². The van der Waals surface area contributed by atoms with E-state index in [-0.39, 0.29) is 5.97 Å². The van der Waals surface area contributed by atoms with Crippen LogP contribution in [0.15, 0.2) is 17.3 Å². The van der Waals surface area contributed by atoms with Crippen molar-refractivity contribution in [3.63, 3.8) is 0 Å². The van der Waals surface area contributed by atoms with Crippen LogP contribution in [0.2, 0.25) is 0 Å². The smallest absolute Gasteiger partial charge is 0.306 e. The van der Waals surface area contributed by atoms with Gasteiger partial charge in [0.15, 0.2) is 0 Å². The van der Waals surface area contributed by atoms with Crippen LogP contribution in [0.3, 0.4) is 0 Å². The highest BCUT2D eigenvalue weighted by Crippen LogP contribution is 2.38. The molecular formula is C19H28N2O2. The molecule has 4 heteroatoms. The Morgan fingerprint density at radius 1 is 1.35 bits per heavy atom. The predicted molar refractivity (Wildman–Crippen MR) is 93.1 cm³/mol. The van der Waals surface area contributed by atoms with Gasteiger partial charge in [-0.05, 0) is 62.5 Å². The zero-order chi connectivity index (χ0) is 16.7. The van der Waals surface area contributed by atoms with Crippen LogP contribution in [0.1, 0.15) is 68.7 Å². The Labute approximate surface area is 139 Å². The molecule has 1 saturated carbocycles. The van der Waals surface area contributed by atoms with Gasteiger partial charge in [0.25, 0.3) is 0 Å². The number of aliphatic imine (C=N–C) groups is 1. The number of hydrogen-bond donors (Lipinski definition) is 0. The molecule has 1 aromatic heterocycles. The summed E-state index contributed by atoms with van der Waals surface area (Å²) >= 11 is 0. The van der Waals surface area contributed by atoms with Crippen molar-refractivity contribution in [2.24, 2.45) is 10.9 Å². The first kappa shape index (κ1) is 17.6. The first-order chi connectivity index (χ1) is 11.2. The predicted octanol–water partition coefficient (Wildman–Crippen LogP) is 3.92. The summed E-state index contributed by atoms with van der Waals surface area (Å²) in [4.78, 5) is 20.3. The van der Waals surface area contributed by atoms with E-state index in [1.807, 2.05) is 26.4 Å². The average molecular weight is 316 g/mol. The Morgan fingerprint density at radius 2 is 2.09 bits per heavy atom. The molecule has 0 spiro atoms. The van der Waals surface area contributed by atoms with Crippen molar-refractivity contribution in [1.82, 2.24) is 4.98 Å². The van der Waals surface area contributed by atoms with Crippen LogP contribution in [0.4, 0.5) is 0 Å². The topological polar surface area (TPSA) is 51.5 Å². The van der Waals surface area contributed by atoms with E-state index in [0.717, 1.165) is 37.8 Å². The van der Waals surface area contributed by atoms with Gasteiger partial charge < -0.3 is 4.74 Å². The van der Waals surface area contributed by atoms with E-state index in [9.17, 15) is 4.79 Å². The van der Waals surface area contributed by atoms with E-state index in [4.69, 9.17) is 4.74 Å². The van der Waals surface area contributed by atoms with E-state index in [0.29, 0.717) is 24.9 Å². The van der Waals surface area contributed by atoms with Crippen LogP contribution < -0.4 is 0 Å². The lowest BCUT2D eigenvalue weighted by Crippen LogP contribution is -2.19. The molecule has 0 bridgehead atoms. The zero-order valence-corrected chi connectivity index (χ0v) is 14.5. The Kier molecular flexibility index (Phi) is 6.75. The summed E-state index contributed by atoms with van der Waals surface area (Å²) < 4.78 is 5.07. The minimum absolute atomic E-state index is 0.0491. The highest BCUT2D eigenvalue weighted by atomic mass is 16.5. The Morgan fingerprint density at radius 3 is 2.70 bits per heavy atom. The third-order valence-electron chi connectivity index (χ3n) is 4.75. The second kappa shape index (κ2) is 8.80. The number of pyridine rings is 1. The number of nitrogens with zero attached hydrogens (tertiary/aromatic N) is 2. The number of ether oxygens (including phenoxy) is 1. The number of carbonyl (C=O) groups is 1. The third-order valence-corrected chi connectivity index (χ3v) is 4.75. The fourth-order valence-electron chi connectivity index (χ4n) is 3.58. The Balaban J connectivity index is 2.04. The van der Waals surface area contributed by atoms with Crippen LogP contribution in [0.25, 0.3) is 0 Å². The summed E-state index contributed by atoms with van der Waals surface area (Å²) in [6.07, 6.45) is 9.81. The first-order valence-corrected chi connectivity index (χ1v) is 8.75. The maximum atomic E-state index is 11.6. The molecule has 0 amide bonds. The van der Waals surface area contributed by atoms with Gasteiger partial charge >= 0.3 is 5.97 Å². The maximum absolute atomic E-state index is 11.6. The van der Waals surface area contributed by atoms with E-state index < -0.39 is 0 Å². The van der Waals surface area contributed by atoms with Gasteiger partial charge in [-0.2, -0.15) is 0 Å². The number of hydrogen-bond acceptors (Lipinski definition) is 4. The van der Waals surface area contributed by atoms with Crippen LogP contribution in [0.5, 0.6) is 0 Å². The lowest BCUT2D eigenvalue weighted by atomic mass is 9.76. The molecule has 2 rings (SSSR count). The van der Waals surface area contributed by atoms with Crippen molar-refractivity contribution < 1.29 is 9.53 Å². The van der Waals surface area contributed by atoms with Gasteiger partial charge in [-0.15, -0.1) is 0 Å². The first-order valence-electron chi connectivity index (χ1n) is 8.75. The van der Waals surface area contributed by atoms with Crippen molar-refractivity contribution in [3.05, 3.63) is 29.1 Å². The van der Waals surface area contributed by atoms with Crippen molar-refractivity contribution in [2.45, 2.75) is 58.3 Å². The molecule has 0 N–H and O–H groups in total. The molecule has 1 heterocycles. The normalized spacial score (nSPS) is 21.5. The molecule has 0 atom stereocenters. The third kappa shape index (κ3) is 4.63. The van der Waals surface area contributed by atoms with Gasteiger partial charge in [-0.25, -0.2) is 0 Å². The van der Waals surface area contributed by atoms with Gasteiger partial charge in [0.1, 0.15) is 0 Å². The summed E-state index contributed by atoms with van der Waals surface area (Å²) in [7, 11) is 1.81. The number of esters is 1. The monoisotopic (exact) mass is 316 g/mol. The van der Waals surface area contributed by atoms with Crippen molar-refractivity contribution in [3.8, 4) is 0 Å². The summed E-state index contributed by atoms with van der Waals surface area (Å²) in [5.41, 5.74) is 3.70. The minimum Gasteiger partial charge on any atom is -0.466 e. The molecule has 1 aromatic rings. The summed E-state index contributed by atoms with van der Waals surface area (Å²) in [6, 6.07) is 2.15. The van der Waals surface area contributed by atoms with Gasteiger partial charge in [-0.1, -0.05) is 6.92 Å². The molecule has 0 aliphatic heterocycles. The van der Waals surface area contributed by atoms with E-state index in [1.165, 1.54) is 11.1 Å².